The third kappa shape index (κ3) is 2.56. The van der Waals surface area contributed by atoms with Gasteiger partial charge in [0.1, 0.15) is 5.75 Å². The summed E-state index contributed by atoms with van der Waals surface area (Å²) in [4.78, 5) is 2.38. The summed E-state index contributed by atoms with van der Waals surface area (Å²) in [6.45, 7) is 2.74. The van der Waals surface area contributed by atoms with E-state index in [-0.39, 0.29) is 0 Å². The molecule has 3 heteroatoms. The fraction of sp³-hybridized carbons (Fsp3) is 0.250. The lowest BCUT2D eigenvalue weighted by Crippen LogP contribution is -2.33. The molecule has 3 nitrogen and oxygen atoms in total. The smallest absolute Gasteiger partial charge is 0.123 e. The average molecular weight is 254 g/mol. The van der Waals surface area contributed by atoms with Crippen LogP contribution in [0.4, 0.5) is 5.69 Å². The van der Waals surface area contributed by atoms with E-state index >= 15 is 0 Å². The number of nitrogens with one attached hydrogen (secondary N) is 1. The second-order valence-electron chi connectivity index (χ2n) is 4.79. The number of para-hydroxylation sites is 2. The van der Waals surface area contributed by atoms with Gasteiger partial charge < -0.3 is 10.1 Å². The number of ether oxygens (including phenoxy) is 1. The molecular formula is C16H18N2O. The molecule has 19 heavy (non-hydrogen) atoms. The minimum absolute atomic E-state index is 0.870. The molecule has 0 spiro atoms. The first-order chi connectivity index (χ1) is 9.36. The molecule has 1 heterocycles. The minimum atomic E-state index is 0.870. The number of methoxy groups -OCH3 is 1. The molecule has 0 amide bonds. The van der Waals surface area contributed by atoms with Gasteiger partial charge in [0.05, 0.1) is 13.8 Å². The molecular weight excluding hydrogens is 236 g/mol. The van der Waals surface area contributed by atoms with Gasteiger partial charge in [-0.25, -0.2) is 0 Å². The molecule has 1 N–H and O–H groups in total. The van der Waals surface area contributed by atoms with Crippen molar-refractivity contribution in [2.45, 2.75) is 13.1 Å². The Morgan fingerprint density at radius 2 is 1.89 bits per heavy atom. The summed E-state index contributed by atoms with van der Waals surface area (Å²) in [6, 6.07) is 16.7. The number of fused-ring (bicyclic) bond motifs is 1. The van der Waals surface area contributed by atoms with Crippen molar-refractivity contribution in [3.05, 3.63) is 59.7 Å². The molecule has 0 aromatic heterocycles. The third-order valence-corrected chi connectivity index (χ3v) is 3.49. The predicted octanol–water partition coefficient (Wildman–Crippen LogP) is 3.08. The fourth-order valence-electron chi connectivity index (χ4n) is 2.51. The van der Waals surface area contributed by atoms with E-state index in [1.165, 1.54) is 16.8 Å². The summed E-state index contributed by atoms with van der Waals surface area (Å²) in [5.41, 5.74) is 3.83. The van der Waals surface area contributed by atoms with Crippen LogP contribution < -0.4 is 10.1 Å². The van der Waals surface area contributed by atoms with Gasteiger partial charge in [0, 0.05) is 24.3 Å². The Kier molecular flexibility index (Phi) is 3.38. The molecule has 0 saturated heterocycles. The van der Waals surface area contributed by atoms with Gasteiger partial charge in [-0.05, 0) is 17.7 Å². The molecule has 1 aliphatic rings. The molecule has 2 aromatic carbocycles. The summed E-state index contributed by atoms with van der Waals surface area (Å²) in [7, 11) is 1.72. The normalized spacial score (nSPS) is 14.6. The second kappa shape index (κ2) is 5.33. The maximum atomic E-state index is 5.41. The largest absolute Gasteiger partial charge is 0.496 e. The monoisotopic (exact) mass is 254 g/mol. The number of hydrogen-bond donors (Lipinski definition) is 1. The third-order valence-electron chi connectivity index (χ3n) is 3.49. The molecule has 2 aromatic rings. The van der Waals surface area contributed by atoms with Gasteiger partial charge in [-0.3, -0.25) is 4.90 Å². The Labute approximate surface area is 113 Å². The maximum Gasteiger partial charge on any atom is 0.123 e. The quantitative estimate of drug-likeness (QED) is 0.911. The number of benzene rings is 2. The molecule has 0 aliphatic carbocycles. The Morgan fingerprint density at radius 3 is 2.79 bits per heavy atom. The van der Waals surface area contributed by atoms with Gasteiger partial charge >= 0.3 is 0 Å². The number of anilines is 1. The second-order valence-corrected chi connectivity index (χ2v) is 4.79. The van der Waals surface area contributed by atoms with E-state index in [4.69, 9.17) is 4.74 Å². The van der Waals surface area contributed by atoms with Gasteiger partial charge in [0.25, 0.3) is 0 Å². The van der Waals surface area contributed by atoms with Gasteiger partial charge in [0.15, 0.2) is 0 Å². The van der Waals surface area contributed by atoms with Crippen molar-refractivity contribution in [2.75, 3.05) is 19.1 Å². The summed E-state index contributed by atoms with van der Waals surface area (Å²) >= 11 is 0. The van der Waals surface area contributed by atoms with Gasteiger partial charge in [-0.2, -0.15) is 0 Å². The number of rotatable bonds is 3. The molecule has 0 fully saturated rings. The van der Waals surface area contributed by atoms with E-state index in [9.17, 15) is 0 Å². The lowest BCUT2D eigenvalue weighted by Gasteiger charge is -2.30. The highest BCUT2D eigenvalue weighted by Crippen LogP contribution is 2.25. The van der Waals surface area contributed by atoms with Crippen LogP contribution in [0.15, 0.2) is 48.5 Å². The van der Waals surface area contributed by atoms with E-state index in [0.29, 0.717) is 0 Å². The SMILES string of the molecule is COc1ccccc1CN1CNc2ccccc2C1. The van der Waals surface area contributed by atoms with Gasteiger partial charge in [-0.1, -0.05) is 36.4 Å². The first-order valence-corrected chi connectivity index (χ1v) is 6.53. The van der Waals surface area contributed by atoms with Crippen LogP contribution >= 0.6 is 0 Å². The van der Waals surface area contributed by atoms with Crippen molar-refractivity contribution >= 4 is 5.69 Å². The van der Waals surface area contributed by atoms with E-state index < -0.39 is 0 Å². The van der Waals surface area contributed by atoms with Crippen molar-refractivity contribution in [1.82, 2.24) is 4.90 Å². The van der Waals surface area contributed by atoms with Crippen molar-refractivity contribution < 1.29 is 4.74 Å². The van der Waals surface area contributed by atoms with Crippen LogP contribution in [0.25, 0.3) is 0 Å². The average Bonchev–Trinajstić information content (AvgIpc) is 2.48. The number of hydrogen-bond acceptors (Lipinski definition) is 3. The minimum Gasteiger partial charge on any atom is -0.496 e. The highest BCUT2D eigenvalue weighted by molar-refractivity contribution is 5.52. The van der Waals surface area contributed by atoms with Gasteiger partial charge in [-0.15, -0.1) is 0 Å². The molecule has 0 atom stereocenters. The van der Waals surface area contributed by atoms with Crippen LogP contribution in [-0.4, -0.2) is 18.7 Å². The Balaban J connectivity index is 1.75. The summed E-state index contributed by atoms with van der Waals surface area (Å²) in [5, 5.41) is 3.46. The zero-order chi connectivity index (χ0) is 13.1. The lowest BCUT2D eigenvalue weighted by atomic mass is 10.1. The first-order valence-electron chi connectivity index (χ1n) is 6.53. The van der Waals surface area contributed by atoms with Crippen molar-refractivity contribution in [1.29, 1.82) is 0 Å². The van der Waals surface area contributed by atoms with Crippen LogP contribution in [0.2, 0.25) is 0 Å². The Morgan fingerprint density at radius 1 is 1.11 bits per heavy atom. The summed E-state index contributed by atoms with van der Waals surface area (Å²) in [5.74, 6) is 0.960. The van der Waals surface area contributed by atoms with Crippen molar-refractivity contribution in [2.24, 2.45) is 0 Å². The van der Waals surface area contributed by atoms with Crippen LogP contribution in [0.1, 0.15) is 11.1 Å². The first kappa shape index (κ1) is 12.1. The highest BCUT2D eigenvalue weighted by Gasteiger charge is 2.16. The molecule has 1 aliphatic heterocycles. The van der Waals surface area contributed by atoms with E-state index in [2.05, 4.69) is 46.6 Å². The number of nitrogens with zero attached hydrogens (tertiary/aromatic N) is 1. The standard InChI is InChI=1S/C16H18N2O/c1-19-16-9-5-3-7-14(16)11-18-10-13-6-2-4-8-15(13)17-12-18/h2-9,17H,10-12H2,1H3. The maximum absolute atomic E-state index is 5.41. The molecule has 3 rings (SSSR count). The summed E-state index contributed by atoms with van der Waals surface area (Å²) < 4.78 is 5.41. The van der Waals surface area contributed by atoms with Crippen LogP contribution in [0.3, 0.4) is 0 Å². The van der Waals surface area contributed by atoms with E-state index in [1.54, 1.807) is 7.11 Å². The Hall–Kier alpha value is -2.00. The van der Waals surface area contributed by atoms with Crippen LogP contribution in [-0.2, 0) is 13.1 Å². The Bertz CT molecular complexity index is 568. The predicted molar refractivity (Wildman–Crippen MR) is 77.2 cm³/mol. The van der Waals surface area contributed by atoms with Crippen molar-refractivity contribution in [3.63, 3.8) is 0 Å². The van der Waals surface area contributed by atoms with E-state index in [0.717, 1.165) is 25.5 Å². The molecule has 0 bridgehead atoms. The van der Waals surface area contributed by atoms with Crippen molar-refractivity contribution in [3.8, 4) is 5.75 Å². The lowest BCUT2D eigenvalue weighted by molar-refractivity contribution is 0.262. The molecule has 98 valence electrons. The molecule has 0 saturated carbocycles. The van der Waals surface area contributed by atoms with Crippen LogP contribution in [0, 0.1) is 0 Å². The molecule has 0 radical (unpaired) electrons. The fourth-order valence-corrected chi connectivity index (χ4v) is 2.51. The van der Waals surface area contributed by atoms with Gasteiger partial charge in [0.2, 0.25) is 0 Å². The topological polar surface area (TPSA) is 24.5 Å². The molecule has 0 unspecified atom stereocenters. The highest BCUT2D eigenvalue weighted by atomic mass is 16.5. The van der Waals surface area contributed by atoms with Crippen LogP contribution in [0.5, 0.6) is 5.75 Å². The zero-order valence-corrected chi connectivity index (χ0v) is 11.1. The van der Waals surface area contributed by atoms with E-state index in [1.807, 2.05) is 12.1 Å². The summed E-state index contributed by atoms with van der Waals surface area (Å²) in [6.07, 6.45) is 0. The zero-order valence-electron chi connectivity index (χ0n) is 11.1.